The Morgan fingerprint density at radius 3 is 3.06 bits per heavy atom. The Morgan fingerprint density at radius 2 is 2.31 bits per heavy atom. The van der Waals surface area contributed by atoms with Crippen molar-refractivity contribution in [2.75, 3.05) is 5.32 Å². The van der Waals surface area contributed by atoms with Crippen molar-refractivity contribution >= 4 is 22.5 Å². The summed E-state index contributed by atoms with van der Waals surface area (Å²) >= 11 is 0. The fourth-order valence-electron chi connectivity index (χ4n) is 1.81. The number of hydrogen-bond donors (Lipinski definition) is 1. The van der Waals surface area contributed by atoms with E-state index in [1.807, 2.05) is 31.4 Å². The van der Waals surface area contributed by atoms with Gasteiger partial charge in [0.15, 0.2) is 0 Å². The van der Waals surface area contributed by atoms with Crippen molar-refractivity contribution in [1.29, 1.82) is 0 Å². The van der Waals surface area contributed by atoms with Gasteiger partial charge in [-0.2, -0.15) is 5.10 Å². The lowest BCUT2D eigenvalue weighted by molar-refractivity contribution is -0.117. The van der Waals surface area contributed by atoms with Gasteiger partial charge >= 0.3 is 0 Å². The molecule has 0 aliphatic heterocycles. The normalized spacial score (nSPS) is 15.3. The van der Waals surface area contributed by atoms with Crippen molar-refractivity contribution in [3.8, 4) is 0 Å². The number of nitrogens with zero attached hydrogens (tertiary/aromatic N) is 2. The number of amides is 1. The van der Waals surface area contributed by atoms with Gasteiger partial charge in [-0.05, 0) is 31.0 Å². The Hall–Kier alpha value is -1.84. The molecule has 3 rings (SSSR count). The Balaban J connectivity index is 1.88. The first-order valence-electron chi connectivity index (χ1n) is 5.47. The zero-order valence-corrected chi connectivity index (χ0v) is 9.10. The number of rotatable bonds is 2. The van der Waals surface area contributed by atoms with Crippen LogP contribution in [0, 0.1) is 5.92 Å². The van der Waals surface area contributed by atoms with Crippen molar-refractivity contribution in [1.82, 2.24) is 9.78 Å². The fourth-order valence-corrected chi connectivity index (χ4v) is 1.81. The molecular weight excluding hydrogens is 202 g/mol. The molecule has 1 fully saturated rings. The molecule has 1 aliphatic rings. The predicted molar refractivity (Wildman–Crippen MR) is 62.1 cm³/mol. The lowest BCUT2D eigenvalue weighted by Gasteiger charge is -2.03. The number of aromatic nitrogens is 2. The van der Waals surface area contributed by atoms with Crippen LogP contribution < -0.4 is 5.32 Å². The van der Waals surface area contributed by atoms with Crippen LogP contribution in [0.25, 0.3) is 10.9 Å². The number of aryl methyl sites for hydroxylation is 1. The first kappa shape index (κ1) is 9.39. The van der Waals surface area contributed by atoms with Crippen LogP contribution in [0.4, 0.5) is 5.69 Å². The molecule has 1 heterocycles. The maximum atomic E-state index is 11.6. The van der Waals surface area contributed by atoms with Crippen molar-refractivity contribution in [2.24, 2.45) is 13.0 Å². The molecule has 1 aromatic heterocycles. The van der Waals surface area contributed by atoms with Crippen molar-refractivity contribution in [3.63, 3.8) is 0 Å². The maximum absolute atomic E-state index is 11.6. The molecule has 4 heteroatoms. The summed E-state index contributed by atoms with van der Waals surface area (Å²) in [6.07, 6.45) is 4.01. The maximum Gasteiger partial charge on any atom is 0.227 e. The number of fused-ring (bicyclic) bond motifs is 1. The summed E-state index contributed by atoms with van der Waals surface area (Å²) in [5.74, 6) is 0.370. The summed E-state index contributed by atoms with van der Waals surface area (Å²) in [5, 5.41) is 8.31. The highest BCUT2D eigenvalue weighted by molar-refractivity contribution is 5.95. The molecule has 0 saturated heterocycles. The van der Waals surface area contributed by atoms with Crippen LogP contribution in [0.1, 0.15) is 12.8 Å². The topological polar surface area (TPSA) is 46.9 Å². The van der Waals surface area contributed by atoms with Gasteiger partial charge in [-0.15, -0.1) is 0 Å². The van der Waals surface area contributed by atoms with Crippen molar-refractivity contribution in [3.05, 3.63) is 24.4 Å². The standard InChI is InChI=1S/C12H13N3O/c1-15-7-9-4-5-10(6-11(9)14-15)13-12(16)8-2-3-8/h4-8H,2-3H2,1H3,(H,13,16). The van der Waals surface area contributed by atoms with E-state index in [0.717, 1.165) is 29.4 Å². The third kappa shape index (κ3) is 1.66. The highest BCUT2D eigenvalue weighted by Gasteiger charge is 2.29. The highest BCUT2D eigenvalue weighted by Crippen LogP contribution is 2.30. The zero-order valence-electron chi connectivity index (χ0n) is 9.10. The molecule has 1 amide bonds. The number of benzene rings is 1. The molecule has 1 aliphatic carbocycles. The van der Waals surface area contributed by atoms with E-state index in [4.69, 9.17) is 0 Å². The van der Waals surface area contributed by atoms with E-state index >= 15 is 0 Å². The summed E-state index contributed by atoms with van der Waals surface area (Å²) in [6, 6.07) is 5.81. The molecule has 82 valence electrons. The molecule has 16 heavy (non-hydrogen) atoms. The number of hydrogen-bond acceptors (Lipinski definition) is 2. The highest BCUT2D eigenvalue weighted by atomic mass is 16.2. The van der Waals surface area contributed by atoms with E-state index < -0.39 is 0 Å². The molecule has 4 nitrogen and oxygen atoms in total. The predicted octanol–water partition coefficient (Wildman–Crippen LogP) is 1.92. The van der Waals surface area contributed by atoms with Gasteiger partial charge in [0, 0.05) is 30.2 Å². The number of carbonyl (C=O) groups is 1. The Labute approximate surface area is 93.3 Å². The largest absolute Gasteiger partial charge is 0.326 e. The van der Waals surface area contributed by atoms with Gasteiger partial charge in [0.05, 0.1) is 5.52 Å². The van der Waals surface area contributed by atoms with Crippen LogP contribution in [0.3, 0.4) is 0 Å². The first-order chi connectivity index (χ1) is 7.72. The van der Waals surface area contributed by atoms with E-state index in [1.165, 1.54) is 0 Å². The minimum atomic E-state index is 0.135. The summed E-state index contributed by atoms with van der Waals surface area (Å²) in [4.78, 5) is 11.6. The first-order valence-corrected chi connectivity index (χ1v) is 5.47. The van der Waals surface area contributed by atoms with Crippen LogP contribution in [-0.2, 0) is 11.8 Å². The van der Waals surface area contributed by atoms with Gasteiger partial charge in [0.25, 0.3) is 0 Å². The number of carbonyl (C=O) groups excluding carboxylic acids is 1. The van der Waals surface area contributed by atoms with Crippen LogP contribution in [-0.4, -0.2) is 15.7 Å². The minimum absolute atomic E-state index is 0.135. The van der Waals surface area contributed by atoms with Crippen LogP contribution in [0.15, 0.2) is 24.4 Å². The molecule has 0 atom stereocenters. The molecule has 0 radical (unpaired) electrons. The second kappa shape index (κ2) is 3.33. The van der Waals surface area contributed by atoms with Crippen LogP contribution in [0.5, 0.6) is 0 Å². The third-order valence-corrected chi connectivity index (χ3v) is 2.84. The van der Waals surface area contributed by atoms with Gasteiger partial charge in [0.1, 0.15) is 0 Å². The molecule has 1 aromatic carbocycles. The number of nitrogens with one attached hydrogen (secondary N) is 1. The molecule has 1 N–H and O–H groups in total. The molecule has 0 spiro atoms. The SMILES string of the molecule is Cn1cc2ccc(NC(=O)C3CC3)cc2n1. The van der Waals surface area contributed by atoms with E-state index in [1.54, 1.807) is 4.68 Å². The van der Waals surface area contributed by atoms with E-state index in [2.05, 4.69) is 10.4 Å². The number of anilines is 1. The average Bonchev–Trinajstić information content (AvgIpc) is 3.01. The molecule has 0 unspecified atom stereocenters. The quantitative estimate of drug-likeness (QED) is 0.832. The van der Waals surface area contributed by atoms with Crippen LogP contribution in [0.2, 0.25) is 0 Å². The Kier molecular flexibility index (Phi) is 1.96. The molecule has 0 bridgehead atoms. The molecular formula is C12H13N3O. The monoisotopic (exact) mass is 215 g/mol. The van der Waals surface area contributed by atoms with Crippen LogP contribution >= 0.6 is 0 Å². The lowest BCUT2D eigenvalue weighted by atomic mass is 10.2. The van der Waals surface area contributed by atoms with Gasteiger partial charge < -0.3 is 5.32 Å². The summed E-state index contributed by atoms with van der Waals surface area (Å²) in [7, 11) is 1.89. The molecule has 2 aromatic rings. The minimum Gasteiger partial charge on any atom is -0.326 e. The summed E-state index contributed by atoms with van der Waals surface area (Å²) < 4.78 is 1.77. The summed E-state index contributed by atoms with van der Waals surface area (Å²) in [5.41, 5.74) is 1.75. The fraction of sp³-hybridized carbons (Fsp3) is 0.333. The zero-order chi connectivity index (χ0) is 11.1. The van der Waals surface area contributed by atoms with Gasteiger partial charge in [0.2, 0.25) is 5.91 Å². The van der Waals surface area contributed by atoms with Crippen molar-refractivity contribution < 1.29 is 4.79 Å². The smallest absolute Gasteiger partial charge is 0.227 e. The average molecular weight is 215 g/mol. The van der Waals surface area contributed by atoms with Gasteiger partial charge in [-0.25, -0.2) is 0 Å². The summed E-state index contributed by atoms with van der Waals surface area (Å²) in [6.45, 7) is 0. The van der Waals surface area contributed by atoms with E-state index in [9.17, 15) is 4.79 Å². The van der Waals surface area contributed by atoms with E-state index in [-0.39, 0.29) is 11.8 Å². The third-order valence-electron chi connectivity index (χ3n) is 2.84. The van der Waals surface area contributed by atoms with Gasteiger partial charge in [-0.3, -0.25) is 9.48 Å². The second-order valence-corrected chi connectivity index (χ2v) is 4.34. The Bertz CT molecular complexity index is 554. The van der Waals surface area contributed by atoms with E-state index in [0.29, 0.717) is 0 Å². The lowest BCUT2D eigenvalue weighted by Crippen LogP contribution is -2.12. The molecule has 1 saturated carbocycles. The second-order valence-electron chi connectivity index (χ2n) is 4.34. The van der Waals surface area contributed by atoms with Gasteiger partial charge in [-0.1, -0.05) is 0 Å². The Morgan fingerprint density at radius 1 is 1.50 bits per heavy atom. The van der Waals surface area contributed by atoms with Crippen molar-refractivity contribution in [2.45, 2.75) is 12.8 Å².